The van der Waals surface area contributed by atoms with Gasteiger partial charge < -0.3 is 9.69 Å². The maximum absolute atomic E-state index is 10.6. The van der Waals surface area contributed by atoms with Crippen LogP contribution in [0, 0.1) is 12.8 Å². The number of hydrogen-bond acceptors (Lipinski definition) is 4. The minimum Gasteiger partial charge on any atom is -0.356 e. The highest BCUT2D eigenvalue weighted by Gasteiger charge is 2.19. The number of carbonyl (C=O) groups excluding carboxylic acids is 1. The standard InChI is InChI=1S/C11H15N3O/c1-9-6-11(13-8-12-9)14-4-2-10(7-15)3-5-14/h6-8,10H,2-5H2,1H3. The third kappa shape index (κ3) is 2.32. The molecular formula is C11H15N3O. The van der Waals surface area contributed by atoms with Crippen LogP contribution in [-0.4, -0.2) is 29.3 Å². The Balaban J connectivity index is 2.04. The summed E-state index contributed by atoms with van der Waals surface area (Å²) in [5.41, 5.74) is 0.984. The fourth-order valence-electron chi connectivity index (χ4n) is 1.88. The summed E-state index contributed by atoms with van der Waals surface area (Å²) in [5.74, 6) is 1.22. The van der Waals surface area contributed by atoms with E-state index in [0.717, 1.165) is 43.7 Å². The van der Waals surface area contributed by atoms with Crippen molar-refractivity contribution in [1.82, 2.24) is 9.97 Å². The Labute approximate surface area is 89.3 Å². The minimum atomic E-state index is 0.240. The van der Waals surface area contributed by atoms with Crippen LogP contribution in [0.25, 0.3) is 0 Å². The van der Waals surface area contributed by atoms with Gasteiger partial charge in [0.15, 0.2) is 0 Å². The zero-order chi connectivity index (χ0) is 10.7. The molecule has 4 heteroatoms. The lowest BCUT2D eigenvalue weighted by atomic mass is 9.99. The molecule has 4 nitrogen and oxygen atoms in total. The topological polar surface area (TPSA) is 46.1 Å². The molecule has 80 valence electrons. The molecule has 0 aliphatic carbocycles. The molecule has 1 aromatic rings. The molecule has 1 fully saturated rings. The Morgan fingerprint density at radius 1 is 1.40 bits per heavy atom. The fraction of sp³-hybridized carbons (Fsp3) is 0.545. The van der Waals surface area contributed by atoms with Gasteiger partial charge in [0.25, 0.3) is 0 Å². The van der Waals surface area contributed by atoms with Crippen LogP contribution in [0.15, 0.2) is 12.4 Å². The van der Waals surface area contributed by atoms with E-state index in [1.54, 1.807) is 6.33 Å². The van der Waals surface area contributed by atoms with Gasteiger partial charge in [-0.05, 0) is 19.8 Å². The fourth-order valence-corrected chi connectivity index (χ4v) is 1.88. The third-order valence-corrected chi connectivity index (χ3v) is 2.85. The van der Waals surface area contributed by atoms with E-state index in [1.165, 1.54) is 0 Å². The average Bonchev–Trinajstić information content (AvgIpc) is 2.29. The van der Waals surface area contributed by atoms with Crippen LogP contribution in [0.5, 0.6) is 0 Å². The molecule has 0 unspecified atom stereocenters. The summed E-state index contributed by atoms with van der Waals surface area (Å²) >= 11 is 0. The molecule has 2 rings (SSSR count). The second kappa shape index (κ2) is 4.38. The van der Waals surface area contributed by atoms with Gasteiger partial charge in [-0.25, -0.2) is 9.97 Å². The van der Waals surface area contributed by atoms with Crippen LogP contribution in [0.3, 0.4) is 0 Å². The van der Waals surface area contributed by atoms with Crippen molar-refractivity contribution in [1.29, 1.82) is 0 Å². The van der Waals surface area contributed by atoms with E-state index in [0.29, 0.717) is 0 Å². The van der Waals surface area contributed by atoms with Crippen LogP contribution in [-0.2, 0) is 4.79 Å². The maximum atomic E-state index is 10.6. The number of nitrogens with zero attached hydrogens (tertiary/aromatic N) is 3. The van der Waals surface area contributed by atoms with Crippen LogP contribution in [0.1, 0.15) is 18.5 Å². The first-order chi connectivity index (χ1) is 7.29. The molecule has 2 heterocycles. The zero-order valence-corrected chi connectivity index (χ0v) is 8.89. The number of piperidine rings is 1. The predicted molar refractivity (Wildman–Crippen MR) is 57.8 cm³/mol. The lowest BCUT2D eigenvalue weighted by Gasteiger charge is -2.30. The maximum Gasteiger partial charge on any atom is 0.132 e. The third-order valence-electron chi connectivity index (χ3n) is 2.85. The molecule has 0 N–H and O–H groups in total. The molecule has 0 saturated carbocycles. The van der Waals surface area contributed by atoms with Crippen LogP contribution < -0.4 is 4.90 Å². The van der Waals surface area contributed by atoms with Crippen molar-refractivity contribution in [2.45, 2.75) is 19.8 Å². The first-order valence-electron chi connectivity index (χ1n) is 5.28. The van der Waals surface area contributed by atoms with Gasteiger partial charge in [-0.1, -0.05) is 0 Å². The van der Waals surface area contributed by atoms with Crippen molar-refractivity contribution in [3.05, 3.63) is 18.1 Å². The second-order valence-electron chi connectivity index (χ2n) is 3.98. The molecule has 0 spiro atoms. The smallest absolute Gasteiger partial charge is 0.132 e. The van der Waals surface area contributed by atoms with Crippen molar-refractivity contribution in [2.24, 2.45) is 5.92 Å². The van der Waals surface area contributed by atoms with E-state index in [2.05, 4.69) is 14.9 Å². The van der Waals surface area contributed by atoms with Gasteiger partial charge in [-0.3, -0.25) is 0 Å². The Morgan fingerprint density at radius 2 is 2.13 bits per heavy atom. The molecule has 15 heavy (non-hydrogen) atoms. The Kier molecular flexibility index (Phi) is 2.94. The normalized spacial score (nSPS) is 17.8. The van der Waals surface area contributed by atoms with Gasteiger partial charge in [-0.2, -0.15) is 0 Å². The summed E-state index contributed by atoms with van der Waals surface area (Å²) in [5, 5.41) is 0. The van der Waals surface area contributed by atoms with E-state index in [9.17, 15) is 4.79 Å². The summed E-state index contributed by atoms with van der Waals surface area (Å²) in [6.07, 6.45) is 4.54. The van der Waals surface area contributed by atoms with E-state index < -0.39 is 0 Å². The highest BCUT2D eigenvalue weighted by Crippen LogP contribution is 2.20. The second-order valence-corrected chi connectivity index (χ2v) is 3.98. The number of aromatic nitrogens is 2. The molecule has 1 saturated heterocycles. The molecular weight excluding hydrogens is 190 g/mol. The highest BCUT2D eigenvalue weighted by molar-refractivity contribution is 5.54. The van der Waals surface area contributed by atoms with Crippen molar-refractivity contribution in [3.63, 3.8) is 0 Å². The van der Waals surface area contributed by atoms with Gasteiger partial charge in [0, 0.05) is 30.8 Å². The summed E-state index contributed by atoms with van der Waals surface area (Å²) < 4.78 is 0. The average molecular weight is 205 g/mol. The Morgan fingerprint density at radius 3 is 2.73 bits per heavy atom. The number of aldehydes is 1. The van der Waals surface area contributed by atoms with Gasteiger partial charge in [0.05, 0.1) is 0 Å². The molecule has 1 aliphatic rings. The number of carbonyl (C=O) groups is 1. The van der Waals surface area contributed by atoms with Crippen molar-refractivity contribution in [3.8, 4) is 0 Å². The molecule has 0 radical (unpaired) electrons. The number of anilines is 1. The van der Waals surface area contributed by atoms with E-state index >= 15 is 0 Å². The minimum absolute atomic E-state index is 0.240. The van der Waals surface area contributed by atoms with Crippen LogP contribution >= 0.6 is 0 Å². The van der Waals surface area contributed by atoms with E-state index in [-0.39, 0.29) is 5.92 Å². The Hall–Kier alpha value is -1.45. The van der Waals surface area contributed by atoms with Crippen molar-refractivity contribution >= 4 is 12.1 Å². The molecule has 0 aromatic carbocycles. The van der Waals surface area contributed by atoms with E-state index in [1.807, 2.05) is 13.0 Å². The summed E-state index contributed by atoms with van der Waals surface area (Å²) in [6.45, 7) is 3.79. The van der Waals surface area contributed by atoms with Crippen LogP contribution in [0.4, 0.5) is 5.82 Å². The number of rotatable bonds is 2. The first-order valence-corrected chi connectivity index (χ1v) is 5.28. The van der Waals surface area contributed by atoms with Gasteiger partial charge in [0.2, 0.25) is 0 Å². The number of hydrogen-bond donors (Lipinski definition) is 0. The lowest BCUT2D eigenvalue weighted by molar-refractivity contribution is -0.111. The summed E-state index contributed by atoms with van der Waals surface area (Å²) in [6, 6.07) is 1.99. The number of aryl methyl sites for hydroxylation is 1. The Bertz CT molecular complexity index is 345. The highest BCUT2D eigenvalue weighted by atomic mass is 16.1. The van der Waals surface area contributed by atoms with E-state index in [4.69, 9.17) is 0 Å². The lowest BCUT2D eigenvalue weighted by Crippen LogP contribution is -2.34. The van der Waals surface area contributed by atoms with Crippen LogP contribution in [0.2, 0.25) is 0 Å². The quantitative estimate of drug-likeness (QED) is 0.681. The van der Waals surface area contributed by atoms with Crippen molar-refractivity contribution < 1.29 is 4.79 Å². The predicted octanol–water partition coefficient (Wildman–Crippen LogP) is 1.20. The summed E-state index contributed by atoms with van der Waals surface area (Å²) in [7, 11) is 0. The monoisotopic (exact) mass is 205 g/mol. The molecule has 0 amide bonds. The van der Waals surface area contributed by atoms with Gasteiger partial charge >= 0.3 is 0 Å². The molecule has 0 bridgehead atoms. The summed E-state index contributed by atoms with van der Waals surface area (Å²) in [4.78, 5) is 21.1. The largest absolute Gasteiger partial charge is 0.356 e. The molecule has 1 aromatic heterocycles. The van der Waals surface area contributed by atoms with Gasteiger partial charge in [-0.15, -0.1) is 0 Å². The van der Waals surface area contributed by atoms with Crippen molar-refractivity contribution in [2.75, 3.05) is 18.0 Å². The zero-order valence-electron chi connectivity index (χ0n) is 8.89. The molecule has 1 aliphatic heterocycles. The molecule has 0 atom stereocenters. The first kappa shape index (κ1) is 10.1. The van der Waals surface area contributed by atoms with Gasteiger partial charge in [0.1, 0.15) is 18.4 Å². The SMILES string of the molecule is Cc1cc(N2CCC(C=O)CC2)ncn1.